The standard InChI is InChI=1S/C22H29N3O4/c1-15-21(29)25(2)18-8-6-16(12-17(18)24-15)7-9-19(26)23-14-22(13-20(27)28)10-4-3-5-11-22/h6,8,12H,3-5,7,9-11,13-14H2,1-2H3,(H,23,26)(H,27,28). The number of carboxylic acids is 1. The van der Waals surface area contributed by atoms with Crippen molar-refractivity contribution in [3.8, 4) is 0 Å². The van der Waals surface area contributed by atoms with E-state index >= 15 is 0 Å². The number of fused-ring (bicyclic) bond motifs is 1. The number of carbonyl (C=O) groups excluding carboxylic acids is 1. The van der Waals surface area contributed by atoms with Gasteiger partial charge in [-0.1, -0.05) is 25.3 Å². The number of benzene rings is 1. The van der Waals surface area contributed by atoms with Gasteiger partial charge in [-0.3, -0.25) is 14.4 Å². The number of carboxylic acid groups (broad SMARTS) is 1. The van der Waals surface area contributed by atoms with Gasteiger partial charge in [0, 0.05) is 20.0 Å². The van der Waals surface area contributed by atoms with Gasteiger partial charge in [0.1, 0.15) is 5.69 Å². The molecule has 3 rings (SSSR count). The Labute approximate surface area is 170 Å². The number of carbonyl (C=O) groups is 2. The highest BCUT2D eigenvalue weighted by Gasteiger charge is 2.34. The molecule has 0 unspecified atom stereocenters. The second-order valence-electron chi connectivity index (χ2n) is 8.29. The first-order chi connectivity index (χ1) is 13.8. The summed E-state index contributed by atoms with van der Waals surface area (Å²) in [6.45, 7) is 2.12. The van der Waals surface area contributed by atoms with E-state index in [4.69, 9.17) is 0 Å². The number of hydrogen-bond donors (Lipinski definition) is 2. The summed E-state index contributed by atoms with van der Waals surface area (Å²) in [6, 6.07) is 5.70. The van der Waals surface area contributed by atoms with Crippen LogP contribution < -0.4 is 10.9 Å². The fourth-order valence-electron chi connectivity index (χ4n) is 4.35. The van der Waals surface area contributed by atoms with Gasteiger partial charge >= 0.3 is 5.97 Å². The Balaban J connectivity index is 1.60. The van der Waals surface area contributed by atoms with Crippen molar-refractivity contribution in [2.24, 2.45) is 12.5 Å². The number of amides is 1. The van der Waals surface area contributed by atoms with E-state index in [0.717, 1.165) is 48.7 Å². The normalized spacial score (nSPS) is 15.9. The van der Waals surface area contributed by atoms with Crippen molar-refractivity contribution in [2.75, 3.05) is 6.54 Å². The maximum absolute atomic E-state index is 12.4. The highest BCUT2D eigenvalue weighted by Crippen LogP contribution is 2.38. The lowest BCUT2D eigenvalue weighted by molar-refractivity contribution is -0.140. The summed E-state index contributed by atoms with van der Waals surface area (Å²) in [4.78, 5) is 40.0. The van der Waals surface area contributed by atoms with Crippen molar-refractivity contribution in [1.82, 2.24) is 14.9 Å². The van der Waals surface area contributed by atoms with Crippen LogP contribution in [0.15, 0.2) is 23.0 Å². The number of nitrogens with one attached hydrogen (secondary N) is 1. The quantitative estimate of drug-likeness (QED) is 0.745. The van der Waals surface area contributed by atoms with Gasteiger partial charge < -0.3 is 15.0 Å². The monoisotopic (exact) mass is 399 g/mol. The Morgan fingerprint density at radius 2 is 1.97 bits per heavy atom. The molecule has 0 saturated heterocycles. The molecule has 1 amide bonds. The average Bonchev–Trinajstić information content (AvgIpc) is 2.69. The van der Waals surface area contributed by atoms with E-state index in [1.165, 1.54) is 0 Å². The number of nitrogens with zero attached hydrogens (tertiary/aromatic N) is 2. The molecule has 1 aliphatic rings. The van der Waals surface area contributed by atoms with Crippen molar-refractivity contribution in [3.63, 3.8) is 0 Å². The zero-order valence-corrected chi connectivity index (χ0v) is 17.2. The third-order valence-electron chi connectivity index (χ3n) is 6.05. The summed E-state index contributed by atoms with van der Waals surface area (Å²) in [5, 5.41) is 12.2. The lowest BCUT2D eigenvalue weighted by Gasteiger charge is -2.36. The summed E-state index contributed by atoms with van der Waals surface area (Å²) >= 11 is 0. The predicted molar refractivity (Wildman–Crippen MR) is 111 cm³/mol. The molecule has 1 saturated carbocycles. The zero-order valence-electron chi connectivity index (χ0n) is 17.2. The molecule has 156 valence electrons. The van der Waals surface area contributed by atoms with E-state index < -0.39 is 5.97 Å². The largest absolute Gasteiger partial charge is 0.481 e. The van der Waals surface area contributed by atoms with Gasteiger partial charge in [0.05, 0.1) is 17.5 Å². The molecular weight excluding hydrogens is 370 g/mol. The summed E-state index contributed by atoms with van der Waals surface area (Å²) in [7, 11) is 1.73. The molecule has 1 fully saturated rings. The Morgan fingerprint density at radius 3 is 2.66 bits per heavy atom. The van der Waals surface area contributed by atoms with Crippen molar-refractivity contribution < 1.29 is 14.7 Å². The topological polar surface area (TPSA) is 101 Å². The second-order valence-corrected chi connectivity index (χ2v) is 8.29. The fourth-order valence-corrected chi connectivity index (χ4v) is 4.35. The molecule has 29 heavy (non-hydrogen) atoms. The van der Waals surface area contributed by atoms with Gasteiger partial charge in [-0.15, -0.1) is 0 Å². The highest BCUT2D eigenvalue weighted by atomic mass is 16.4. The van der Waals surface area contributed by atoms with Gasteiger partial charge in [0.25, 0.3) is 5.56 Å². The van der Waals surface area contributed by atoms with Gasteiger partial charge in [-0.05, 0) is 49.3 Å². The Bertz CT molecular complexity index is 974. The number of aromatic nitrogens is 2. The van der Waals surface area contributed by atoms with Crippen LogP contribution in [0.5, 0.6) is 0 Å². The van der Waals surface area contributed by atoms with Crippen LogP contribution in [0.2, 0.25) is 0 Å². The average molecular weight is 399 g/mol. The minimum Gasteiger partial charge on any atom is -0.481 e. The number of hydrogen-bond acceptors (Lipinski definition) is 4. The summed E-state index contributed by atoms with van der Waals surface area (Å²) < 4.78 is 1.58. The molecular formula is C22H29N3O4. The van der Waals surface area contributed by atoms with Crippen LogP contribution in [0.3, 0.4) is 0 Å². The fraction of sp³-hybridized carbons (Fsp3) is 0.545. The first-order valence-electron chi connectivity index (χ1n) is 10.2. The van der Waals surface area contributed by atoms with Crippen molar-refractivity contribution in [1.29, 1.82) is 0 Å². The Kier molecular flexibility index (Phi) is 6.35. The third-order valence-corrected chi connectivity index (χ3v) is 6.05. The minimum absolute atomic E-state index is 0.0648. The molecule has 0 spiro atoms. The van der Waals surface area contributed by atoms with Crippen LogP contribution in [0.1, 0.15) is 56.2 Å². The number of rotatable bonds is 7. The molecule has 1 aromatic carbocycles. The van der Waals surface area contributed by atoms with Crippen LogP contribution in [0.25, 0.3) is 11.0 Å². The summed E-state index contributed by atoms with van der Waals surface area (Å²) in [6.07, 6.45) is 5.90. The Hall–Kier alpha value is -2.70. The van der Waals surface area contributed by atoms with Crippen LogP contribution in [-0.4, -0.2) is 33.1 Å². The van der Waals surface area contributed by atoms with Crippen molar-refractivity contribution in [2.45, 2.75) is 58.3 Å². The molecule has 0 radical (unpaired) electrons. The van der Waals surface area contributed by atoms with E-state index in [0.29, 0.717) is 25.1 Å². The first kappa shape index (κ1) is 21.0. The summed E-state index contributed by atoms with van der Waals surface area (Å²) in [5.41, 5.74) is 2.52. The maximum atomic E-state index is 12.4. The molecule has 1 heterocycles. The zero-order chi connectivity index (χ0) is 21.0. The van der Waals surface area contributed by atoms with Crippen LogP contribution >= 0.6 is 0 Å². The van der Waals surface area contributed by atoms with Gasteiger partial charge in [-0.2, -0.15) is 0 Å². The molecule has 1 aliphatic carbocycles. The van der Waals surface area contributed by atoms with E-state index in [1.807, 2.05) is 18.2 Å². The second kappa shape index (κ2) is 8.76. The third kappa shape index (κ3) is 5.02. The van der Waals surface area contributed by atoms with E-state index in [9.17, 15) is 19.5 Å². The molecule has 0 aliphatic heterocycles. The smallest absolute Gasteiger partial charge is 0.303 e. The van der Waals surface area contributed by atoms with Crippen LogP contribution in [0, 0.1) is 12.3 Å². The van der Waals surface area contributed by atoms with Gasteiger partial charge in [-0.25, -0.2) is 4.98 Å². The van der Waals surface area contributed by atoms with Gasteiger partial charge in [0.15, 0.2) is 0 Å². The molecule has 7 heteroatoms. The van der Waals surface area contributed by atoms with E-state index in [1.54, 1.807) is 18.5 Å². The lowest BCUT2D eigenvalue weighted by Crippen LogP contribution is -2.40. The molecule has 0 bridgehead atoms. The van der Waals surface area contributed by atoms with Crippen molar-refractivity contribution >= 4 is 22.9 Å². The van der Waals surface area contributed by atoms with Crippen LogP contribution in [0.4, 0.5) is 0 Å². The van der Waals surface area contributed by atoms with Gasteiger partial charge in [0.2, 0.25) is 5.91 Å². The van der Waals surface area contributed by atoms with Crippen molar-refractivity contribution in [3.05, 3.63) is 39.8 Å². The molecule has 2 aromatic rings. The molecule has 1 aromatic heterocycles. The van der Waals surface area contributed by atoms with E-state index in [-0.39, 0.29) is 23.3 Å². The molecule has 0 atom stereocenters. The number of aryl methyl sites for hydroxylation is 3. The minimum atomic E-state index is -0.797. The SMILES string of the molecule is Cc1nc2cc(CCC(=O)NCC3(CC(=O)O)CCCCC3)ccc2n(C)c1=O. The molecule has 2 N–H and O–H groups in total. The van der Waals surface area contributed by atoms with Crippen LogP contribution in [-0.2, 0) is 23.1 Å². The lowest BCUT2D eigenvalue weighted by atomic mass is 9.71. The van der Waals surface area contributed by atoms with E-state index in [2.05, 4.69) is 10.3 Å². The predicted octanol–water partition coefficient (Wildman–Crippen LogP) is 2.72. The summed E-state index contributed by atoms with van der Waals surface area (Å²) in [5.74, 6) is -0.862. The maximum Gasteiger partial charge on any atom is 0.303 e. The number of aliphatic carboxylic acids is 1. The Morgan fingerprint density at radius 1 is 1.24 bits per heavy atom. The first-order valence-corrected chi connectivity index (χ1v) is 10.2. The highest BCUT2D eigenvalue weighted by molar-refractivity contribution is 5.78. The molecule has 7 nitrogen and oxygen atoms in total.